The standard InChI is InChI=1S/C50H88N16O17/c1-8-25(6)39(66-45(78)31(16-19-36(71)72)61-43(76)30(15-18-35(69)70)62-47(80)37(54)23(2)3)48(81)63-28(13-11-21-57-50(55)56)42(75)60-29(14-17-33(52)67)41(74)58-26(7)40(73)64-32(22-34(53)68)46(79)59-27(12-9-10-20-51)44(77)65-38(24(4)5)49(82)83/h23-32,37-39H,8-22,51,54H2,1-7H3,(H2,52,67)(H2,53,68)(H,58,74)(H,59,79)(H,60,75)(H,61,76)(H,62,80)(H,63,81)(H,64,73)(H,65,77)(H,66,78)(H,69,70)(H,71,72)(H,82,83)(H4,55,56,57)/t25-,26-,27-,28-,29-,30-,31-,32-,37-,38-,39-/m0/s1. The molecule has 0 saturated heterocycles. The molecule has 0 bridgehead atoms. The van der Waals surface area contributed by atoms with Crippen LogP contribution in [0.2, 0.25) is 0 Å². The molecule has 0 spiro atoms. The first-order valence-electron chi connectivity index (χ1n) is 27.1. The number of nitrogens with two attached hydrogens (primary N) is 6. The minimum absolute atomic E-state index is 0.00308. The summed E-state index contributed by atoms with van der Waals surface area (Å²) in [4.78, 5) is 186. The fraction of sp³-hybridized carbons (Fsp3) is 0.700. The number of amides is 11. The van der Waals surface area contributed by atoms with Gasteiger partial charge in [0.15, 0.2) is 5.96 Å². The normalized spacial score (nSPS) is 15.0. The second-order valence-electron chi connectivity index (χ2n) is 20.6. The Hall–Kier alpha value is -8.23. The zero-order valence-electron chi connectivity index (χ0n) is 48.1. The fourth-order valence-corrected chi connectivity index (χ4v) is 7.62. The number of nitrogens with one attached hydrogen (secondary N) is 9. The molecule has 33 nitrogen and oxygen atoms in total. The third kappa shape index (κ3) is 29.9. The maximum Gasteiger partial charge on any atom is 0.326 e. The van der Waals surface area contributed by atoms with E-state index in [-0.39, 0.29) is 44.7 Å². The van der Waals surface area contributed by atoms with Gasteiger partial charge in [-0.05, 0) is 82.6 Å². The van der Waals surface area contributed by atoms with Crippen LogP contribution >= 0.6 is 0 Å². The predicted octanol–water partition coefficient (Wildman–Crippen LogP) is -5.81. The van der Waals surface area contributed by atoms with Crippen LogP contribution < -0.4 is 82.3 Å². The van der Waals surface area contributed by atoms with E-state index in [0.717, 1.165) is 6.92 Å². The van der Waals surface area contributed by atoms with Crippen molar-refractivity contribution < 1.29 is 82.4 Å². The summed E-state index contributed by atoms with van der Waals surface area (Å²) in [5.74, 6) is -17.4. The Labute approximate surface area is 480 Å². The number of unbranched alkanes of at least 4 members (excludes halogenated alkanes) is 1. The highest BCUT2D eigenvalue weighted by molar-refractivity contribution is 5.99. The Morgan fingerprint density at radius 3 is 1.24 bits per heavy atom. The summed E-state index contributed by atoms with van der Waals surface area (Å²) in [6, 6.07) is -15.2. The van der Waals surface area contributed by atoms with E-state index < -0.39 is 206 Å². The van der Waals surface area contributed by atoms with E-state index >= 15 is 0 Å². The minimum atomic E-state index is -1.76. The second-order valence-corrected chi connectivity index (χ2v) is 20.6. The van der Waals surface area contributed by atoms with E-state index in [1.54, 1.807) is 34.6 Å². The Morgan fingerprint density at radius 2 is 0.831 bits per heavy atom. The molecule has 0 rings (SSSR count). The van der Waals surface area contributed by atoms with E-state index in [0.29, 0.717) is 12.8 Å². The number of carboxylic acid groups (broad SMARTS) is 3. The Kier molecular flexibility index (Phi) is 34.7. The van der Waals surface area contributed by atoms with Gasteiger partial charge in [0.1, 0.15) is 54.4 Å². The Bertz CT molecular complexity index is 2300. The van der Waals surface area contributed by atoms with E-state index in [2.05, 4.69) is 52.8 Å². The highest BCUT2D eigenvalue weighted by atomic mass is 16.4. The molecule has 0 aromatic carbocycles. The van der Waals surface area contributed by atoms with Gasteiger partial charge in [0.05, 0.1) is 12.5 Å². The minimum Gasteiger partial charge on any atom is -0.481 e. The maximum absolute atomic E-state index is 14.3. The molecule has 0 aliphatic heterocycles. The number of guanidine groups is 1. The molecule has 0 aromatic rings. The lowest BCUT2D eigenvalue weighted by Crippen LogP contribution is -2.61. The van der Waals surface area contributed by atoms with Gasteiger partial charge in [0.25, 0.3) is 0 Å². The molecule has 0 saturated carbocycles. The first-order valence-corrected chi connectivity index (χ1v) is 27.1. The van der Waals surface area contributed by atoms with E-state index in [1.807, 2.05) is 0 Å². The summed E-state index contributed by atoms with van der Waals surface area (Å²) in [7, 11) is 0. The molecule has 0 unspecified atom stereocenters. The maximum atomic E-state index is 14.3. The third-order valence-corrected chi connectivity index (χ3v) is 12.9. The molecule has 470 valence electrons. The number of hydrogen-bond acceptors (Lipinski definition) is 17. The van der Waals surface area contributed by atoms with Crippen molar-refractivity contribution in [2.75, 3.05) is 13.1 Å². The number of aliphatic imine (C=N–C) groups is 1. The number of nitrogens with zero attached hydrogens (tertiary/aromatic N) is 1. The molecule has 24 N–H and O–H groups in total. The summed E-state index contributed by atoms with van der Waals surface area (Å²) in [5, 5.41) is 50.0. The van der Waals surface area contributed by atoms with Crippen molar-refractivity contribution in [3.8, 4) is 0 Å². The fourth-order valence-electron chi connectivity index (χ4n) is 7.62. The Morgan fingerprint density at radius 1 is 0.434 bits per heavy atom. The SMILES string of the molecule is CC[C@H](C)[C@H](NC(=O)[C@H](CCC(=O)O)NC(=O)[C@H](CCC(=O)O)NC(=O)[C@@H](N)C(C)C)C(=O)N[C@@H](CCCN=C(N)N)C(=O)N[C@@H](CCC(N)=O)C(=O)N[C@@H](C)C(=O)N[C@@H](CC(N)=O)C(=O)N[C@@H](CCCCN)C(=O)N[C@H](C(=O)O)C(C)C. The summed E-state index contributed by atoms with van der Waals surface area (Å²) >= 11 is 0. The van der Waals surface area contributed by atoms with Crippen LogP contribution in [0.25, 0.3) is 0 Å². The summed E-state index contributed by atoms with van der Waals surface area (Å²) < 4.78 is 0. The smallest absolute Gasteiger partial charge is 0.326 e. The first-order chi connectivity index (χ1) is 38.7. The van der Waals surface area contributed by atoms with Crippen molar-refractivity contribution in [2.24, 2.45) is 57.1 Å². The van der Waals surface area contributed by atoms with Crippen molar-refractivity contribution in [1.29, 1.82) is 0 Å². The number of rotatable bonds is 42. The van der Waals surface area contributed by atoms with E-state index in [4.69, 9.17) is 34.4 Å². The number of primary amides is 2. The lowest BCUT2D eigenvalue weighted by atomic mass is 9.96. The summed E-state index contributed by atoms with van der Waals surface area (Å²) in [6.07, 6.45) is -3.56. The van der Waals surface area contributed by atoms with Crippen LogP contribution in [0.1, 0.15) is 132 Å². The molecule has 0 aliphatic carbocycles. The van der Waals surface area contributed by atoms with Crippen LogP contribution in [-0.2, 0) is 67.1 Å². The van der Waals surface area contributed by atoms with Crippen LogP contribution in [0.3, 0.4) is 0 Å². The molecule has 0 radical (unpaired) electrons. The van der Waals surface area contributed by atoms with Crippen molar-refractivity contribution in [3.05, 3.63) is 0 Å². The zero-order valence-corrected chi connectivity index (χ0v) is 48.1. The largest absolute Gasteiger partial charge is 0.481 e. The van der Waals surface area contributed by atoms with Crippen molar-refractivity contribution in [2.45, 2.75) is 192 Å². The number of carbonyl (C=O) groups is 14. The molecule has 0 aromatic heterocycles. The van der Waals surface area contributed by atoms with Gasteiger partial charge in [-0.15, -0.1) is 0 Å². The number of aliphatic carboxylic acids is 3. The van der Waals surface area contributed by atoms with Gasteiger partial charge in [-0.3, -0.25) is 67.3 Å². The van der Waals surface area contributed by atoms with Gasteiger partial charge >= 0.3 is 17.9 Å². The number of carboxylic acids is 3. The van der Waals surface area contributed by atoms with Crippen LogP contribution in [0, 0.1) is 17.8 Å². The summed E-state index contributed by atoms with van der Waals surface area (Å²) in [5.41, 5.74) is 33.2. The molecule has 33 heteroatoms. The predicted molar refractivity (Wildman–Crippen MR) is 297 cm³/mol. The van der Waals surface area contributed by atoms with Gasteiger partial charge in [-0.2, -0.15) is 0 Å². The van der Waals surface area contributed by atoms with Crippen LogP contribution in [0.4, 0.5) is 0 Å². The van der Waals surface area contributed by atoms with Gasteiger partial charge in [-0.25, -0.2) is 4.79 Å². The van der Waals surface area contributed by atoms with Gasteiger partial charge in [0.2, 0.25) is 65.0 Å². The number of hydrogen-bond donors (Lipinski definition) is 18. The molecule has 0 aliphatic rings. The molecular weight excluding hydrogens is 1100 g/mol. The molecule has 0 fully saturated rings. The van der Waals surface area contributed by atoms with Crippen LogP contribution in [-0.4, -0.2) is 178 Å². The average molecular weight is 1190 g/mol. The van der Waals surface area contributed by atoms with Gasteiger partial charge < -0.3 is 97.6 Å². The monoisotopic (exact) mass is 1180 g/mol. The van der Waals surface area contributed by atoms with Gasteiger partial charge in [-0.1, -0.05) is 48.0 Å². The number of carbonyl (C=O) groups excluding carboxylic acids is 11. The molecule has 11 atom stereocenters. The quantitative estimate of drug-likeness (QED) is 0.0154. The van der Waals surface area contributed by atoms with Crippen molar-refractivity contribution >= 4 is 88.8 Å². The molecule has 11 amide bonds. The average Bonchev–Trinajstić information content (AvgIpc) is 3.60. The molecular formula is C50H88N16O17. The highest BCUT2D eigenvalue weighted by Crippen LogP contribution is 2.14. The first kappa shape index (κ1) is 74.8. The molecule has 83 heavy (non-hydrogen) atoms. The second kappa shape index (κ2) is 38.5. The van der Waals surface area contributed by atoms with Crippen molar-refractivity contribution in [3.63, 3.8) is 0 Å². The zero-order chi connectivity index (χ0) is 63.8. The van der Waals surface area contributed by atoms with Crippen LogP contribution in [0.15, 0.2) is 4.99 Å². The van der Waals surface area contributed by atoms with E-state index in [1.165, 1.54) is 6.92 Å². The lowest BCUT2D eigenvalue weighted by molar-refractivity contribution is -0.143. The lowest BCUT2D eigenvalue weighted by Gasteiger charge is -2.29. The van der Waals surface area contributed by atoms with Gasteiger partial charge in [0, 0.05) is 25.8 Å². The van der Waals surface area contributed by atoms with Crippen LogP contribution in [0.5, 0.6) is 0 Å². The van der Waals surface area contributed by atoms with Crippen molar-refractivity contribution in [1.82, 2.24) is 47.9 Å². The highest BCUT2D eigenvalue weighted by Gasteiger charge is 2.37. The molecule has 0 heterocycles. The summed E-state index contributed by atoms with van der Waals surface area (Å²) in [6.45, 7) is 10.8. The topological polar surface area (TPSA) is 576 Å². The van der Waals surface area contributed by atoms with E-state index in [9.17, 15) is 82.4 Å². The third-order valence-electron chi connectivity index (χ3n) is 12.9. The Balaban J connectivity index is 6.92.